The van der Waals surface area contributed by atoms with E-state index in [0.717, 1.165) is 54.0 Å². The molecule has 2 heterocycles. The topological polar surface area (TPSA) is 72.1 Å². The van der Waals surface area contributed by atoms with E-state index in [2.05, 4.69) is 42.2 Å². The number of anilines is 1. The Bertz CT molecular complexity index is 944. The Morgan fingerprint density at radius 1 is 1.04 bits per heavy atom. The highest BCUT2D eigenvalue weighted by molar-refractivity contribution is 5.91. The van der Waals surface area contributed by atoms with E-state index in [4.69, 9.17) is 15.7 Å². The second-order valence-corrected chi connectivity index (χ2v) is 6.92. The molecule has 2 aromatic carbocycles. The number of nitrogens with zero attached hydrogens (tertiary/aromatic N) is 3. The van der Waals surface area contributed by atoms with E-state index in [9.17, 15) is 4.79 Å². The zero-order valence-electron chi connectivity index (χ0n) is 14.9. The summed E-state index contributed by atoms with van der Waals surface area (Å²) in [7, 11) is 0. The van der Waals surface area contributed by atoms with Crippen LogP contribution in [-0.2, 0) is 4.79 Å². The molecule has 0 radical (unpaired) electrons. The van der Waals surface area contributed by atoms with E-state index in [1.54, 1.807) is 0 Å². The van der Waals surface area contributed by atoms with E-state index < -0.39 is 0 Å². The first-order valence-electron chi connectivity index (χ1n) is 9.00. The van der Waals surface area contributed by atoms with Crippen molar-refractivity contribution in [1.29, 1.82) is 0 Å². The number of benzene rings is 2. The van der Waals surface area contributed by atoms with Crippen LogP contribution in [0.1, 0.15) is 18.4 Å². The first-order chi connectivity index (χ1) is 12.6. The number of para-hydroxylation sites is 1. The normalized spacial score (nSPS) is 15.3. The average Bonchev–Trinajstić information content (AvgIpc) is 2.68. The van der Waals surface area contributed by atoms with Crippen LogP contribution in [0.25, 0.3) is 22.3 Å². The molecule has 26 heavy (non-hydrogen) atoms. The van der Waals surface area contributed by atoms with Gasteiger partial charge in [-0.25, -0.2) is 9.97 Å². The molecule has 2 N–H and O–H groups in total. The van der Waals surface area contributed by atoms with Gasteiger partial charge < -0.3 is 10.6 Å². The van der Waals surface area contributed by atoms with Crippen molar-refractivity contribution >= 4 is 22.6 Å². The number of fused-ring (bicyclic) bond motifs is 1. The molecule has 1 aliphatic heterocycles. The van der Waals surface area contributed by atoms with Crippen LogP contribution in [0.2, 0.25) is 0 Å². The van der Waals surface area contributed by atoms with Crippen LogP contribution < -0.4 is 10.6 Å². The van der Waals surface area contributed by atoms with Gasteiger partial charge in [0.25, 0.3) is 0 Å². The third-order valence-electron chi connectivity index (χ3n) is 5.09. The van der Waals surface area contributed by atoms with Gasteiger partial charge in [0.05, 0.1) is 5.52 Å². The van der Waals surface area contributed by atoms with Gasteiger partial charge in [0.15, 0.2) is 5.82 Å². The van der Waals surface area contributed by atoms with Crippen LogP contribution in [0.15, 0.2) is 48.5 Å². The Kier molecular flexibility index (Phi) is 4.29. The van der Waals surface area contributed by atoms with Gasteiger partial charge >= 0.3 is 0 Å². The maximum absolute atomic E-state index is 11.5. The lowest BCUT2D eigenvalue weighted by Gasteiger charge is -2.32. The smallest absolute Gasteiger partial charge is 0.220 e. The van der Waals surface area contributed by atoms with Gasteiger partial charge in [0, 0.05) is 30.0 Å². The summed E-state index contributed by atoms with van der Waals surface area (Å²) < 4.78 is 0. The van der Waals surface area contributed by atoms with Crippen LogP contribution in [0.4, 0.5) is 5.82 Å². The van der Waals surface area contributed by atoms with E-state index in [-0.39, 0.29) is 11.8 Å². The summed E-state index contributed by atoms with van der Waals surface area (Å²) in [5.41, 5.74) is 8.63. The SMILES string of the molecule is Cc1ccc(-c2nc(N3CCC(C(N)=O)CC3)c3ccccc3n2)cc1. The Balaban J connectivity index is 1.76. The second kappa shape index (κ2) is 6.75. The molecule has 1 fully saturated rings. The average molecular weight is 346 g/mol. The van der Waals surface area contributed by atoms with E-state index in [1.165, 1.54) is 5.56 Å². The molecule has 0 bridgehead atoms. The molecule has 0 aliphatic carbocycles. The van der Waals surface area contributed by atoms with Crippen molar-refractivity contribution in [2.75, 3.05) is 18.0 Å². The predicted molar refractivity (Wildman–Crippen MR) is 104 cm³/mol. The lowest BCUT2D eigenvalue weighted by molar-refractivity contribution is -0.122. The van der Waals surface area contributed by atoms with Gasteiger partial charge in [-0.1, -0.05) is 42.0 Å². The summed E-state index contributed by atoms with van der Waals surface area (Å²) in [5.74, 6) is 1.44. The van der Waals surface area contributed by atoms with Crippen LogP contribution in [0.5, 0.6) is 0 Å². The summed E-state index contributed by atoms with van der Waals surface area (Å²) in [5, 5.41) is 1.04. The number of carbonyl (C=O) groups is 1. The summed E-state index contributed by atoms with van der Waals surface area (Å²) in [4.78, 5) is 23.4. The van der Waals surface area contributed by atoms with Gasteiger partial charge in [0.1, 0.15) is 5.82 Å². The minimum atomic E-state index is -0.197. The molecule has 3 aromatic rings. The fourth-order valence-electron chi connectivity index (χ4n) is 3.51. The van der Waals surface area contributed by atoms with Gasteiger partial charge in [-0.3, -0.25) is 4.79 Å². The van der Waals surface area contributed by atoms with Gasteiger partial charge in [-0.2, -0.15) is 0 Å². The van der Waals surface area contributed by atoms with Gasteiger partial charge in [-0.05, 0) is 31.9 Å². The lowest BCUT2D eigenvalue weighted by atomic mass is 9.96. The summed E-state index contributed by atoms with van der Waals surface area (Å²) >= 11 is 0. The van der Waals surface area contributed by atoms with Crippen LogP contribution in [0.3, 0.4) is 0 Å². The predicted octanol–water partition coefficient (Wildman–Crippen LogP) is 3.31. The fraction of sp³-hybridized carbons (Fsp3) is 0.286. The molecule has 0 spiro atoms. The van der Waals surface area contributed by atoms with Crippen molar-refractivity contribution in [1.82, 2.24) is 9.97 Å². The summed E-state index contributed by atoms with van der Waals surface area (Å²) in [6.45, 7) is 3.63. The molecule has 5 nitrogen and oxygen atoms in total. The standard InChI is InChI=1S/C21H22N4O/c1-14-6-8-16(9-7-14)20-23-18-5-3-2-4-17(18)21(24-20)25-12-10-15(11-13-25)19(22)26/h2-9,15H,10-13H2,1H3,(H2,22,26). The maximum atomic E-state index is 11.5. The van der Waals surface area contributed by atoms with E-state index in [0.29, 0.717) is 0 Å². The van der Waals surface area contributed by atoms with Crippen molar-refractivity contribution in [2.45, 2.75) is 19.8 Å². The molecule has 4 rings (SSSR count). The molecule has 1 amide bonds. The Morgan fingerprint density at radius 3 is 2.42 bits per heavy atom. The fourth-order valence-corrected chi connectivity index (χ4v) is 3.51. The first-order valence-corrected chi connectivity index (χ1v) is 9.00. The third kappa shape index (κ3) is 3.12. The molecule has 5 heteroatoms. The number of aromatic nitrogens is 2. The molecule has 0 unspecified atom stereocenters. The molecular weight excluding hydrogens is 324 g/mol. The number of nitrogens with two attached hydrogens (primary N) is 1. The first kappa shape index (κ1) is 16.5. The molecule has 0 atom stereocenters. The zero-order valence-corrected chi connectivity index (χ0v) is 14.9. The summed E-state index contributed by atoms with van der Waals surface area (Å²) in [6, 6.07) is 16.4. The largest absolute Gasteiger partial charge is 0.369 e. The molecule has 1 aromatic heterocycles. The Hall–Kier alpha value is -2.95. The number of amides is 1. The van der Waals surface area contributed by atoms with Gasteiger partial charge in [0.2, 0.25) is 5.91 Å². The van der Waals surface area contributed by atoms with Crippen molar-refractivity contribution in [3.8, 4) is 11.4 Å². The molecule has 132 valence electrons. The molecule has 1 saturated heterocycles. The lowest BCUT2D eigenvalue weighted by Crippen LogP contribution is -2.39. The van der Waals surface area contributed by atoms with Crippen molar-refractivity contribution in [3.05, 3.63) is 54.1 Å². The molecular formula is C21H22N4O. The molecule has 0 saturated carbocycles. The van der Waals surface area contributed by atoms with Crippen LogP contribution in [0, 0.1) is 12.8 Å². The molecule has 1 aliphatic rings. The van der Waals surface area contributed by atoms with Crippen molar-refractivity contribution in [2.24, 2.45) is 11.7 Å². The van der Waals surface area contributed by atoms with Crippen molar-refractivity contribution < 1.29 is 4.79 Å². The number of rotatable bonds is 3. The van der Waals surface area contributed by atoms with Crippen molar-refractivity contribution in [3.63, 3.8) is 0 Å². The minimum absolute atomic E-state index is 0.0316. The quantitative estimate of drug-likeness (QED) is 0.790. The second-order valence-electron chi connectivity index (χ2n) is 6.92. The van der Waals surface area contributed by atoms with Gasteiger partial charge in [-0.15, -0.1) is 0 Å². The van der Waals surface area contributed by atoms with Crippen LogP contribution in [-0.4, -0.2) is 29.0 Å². The minimum Gasteiger partial charge on any atom is -0.369 e. The Morgan fingerprint density at radius 2 is 1.73 bits per heavy atom. The maximum Gasteiger partial charge on any atom is 0.220 e. The zero-order chi connectivity index (χ0) is 18.1. The highest BCUT2D eigenvalue weighted by atomic mass is 16.1. The Labute approximate surface area is 152 Å². The summed E-state index contributed by atoms with van der Waals surface area (Å²) in [6.07, 6.45) is 1.54. The third-order valence-corrected chi connectivity index (χ3v) is 5.09. The monoisotopic (exact) mass is 346 g/mol. The van der Waals surface area contributed by atoms with E-state index >= 15 is 0 Å². The number of hydrogen-bond acceptors (Lipinski definition) is 4. The number of primary amides is 1. The van der Waals surface area contributed by atoms with E-state index in [1.807, 2.05) is 18.2 Å². The number of piperidine rings is 1. The number of aryl methyl sites for hydroxylation is 1. The van der Waals surface area contributed by atoms with Crippen LogP contribution >= 0.6 is 0 Å². The number of hydrogen-bond donors (Lipinski definition) is 1. The highest BCUT2D eigenvalue weighted by Gasteiger charge is 2.25. The highest BCUT2D eigenvalue weighted by Crippen LogP contribution is 2.30. The number of carbonyl (C=O) groups excluding carboxylic acids is 1.